The smallest absolute Gasteiger partial charge is 0.160 e. The van der Waals surface area contributed by atoms with Crippen molar-refractivity contribution in [2.75, 3.05) is 0 Å². The van der Waals surface area contributed by atoms with E-state index in [2.05, 4.69) is 186 Å². The van der Waals surface area contributed by atoms with Gasteiger partial charge in [-0.25, -0.2) is 19.9 Å². The number of fused-ring (bicyclic) bond motifs is 3. The highest BCUT2D eigenvalue weighted by Gasteiger charge is 2.24. The van der Waals surface area contributed by atoms with Crippen LogP contribution in [0.3, 0.4) is 0 Å². The first-order valence-electron chi connectivity index (χ1n) is 21.7. The molecule has 0 bridgehead atoms. The van der Waals surface area contributed by atoms with E-state index in [1.165, 1.54) is 21.9 Å². The largest absolute Gasteiger partial charge is 0.309 e. The molecular weight excluding hydrogens is 767 g/mol. The summed E-state index contributed by atoms with van der Waals surface area (Å²) in [7, 11) is 0. The highest BCUT2D eigenvalue weighted by atomic mass is 15.0. The molecular formula is C58H49N5. The Morgan fingerprint density at radius 1 is 0.333 bits per heavy atom. The fourth-order valence-corrected chi connectivity index (χ4v) is 8.43. The third-order valence-corrected chi connectivity index (χ3v) is 12.0. The van der Waals surface area contributed by atoms with E-state index >= 15 is 0 Å². The maximum Gasteiger partial charge on any atom is 0.160 e. The lowest BCUT2D eigenvalue weighted by Gasteiger charge is -2.21. The predicted molar refractivity (Wildman–Crippen MR) is 262 cm³/mol. The van der Waals surface area contributed by atoms with Crippen molar-refractivity contribution in [3.63, 3.8) is 0 Å². The fraction of sp³-hybridized carbons (Fsp3) is 0.138. The predicted octanol–water partition coefficient (Wildman–Crippen LogP) is 15.0. The van der Waals surface area contributed by atoms with Crippen LogP contribution in [0.1, 0.15) is 52.7 Å². The number of benzene rings is 7. The number of aromatic nitrogens is 5. The van der Waals surface area contributed by atoms with Crippen molar-refractivity contribution in [1.82, 2.24) is 24.5 Å². The molecule has 0 radical (unpaired) electrons. The van der Waals surface area contributed by atoms with E-state index in [1.54, 1.807) is 0 Å². The molecule has 5 nitrogen and oxygen atoms in total. The summed E-state index contributed by atoms with van der Waals surface area (Å²) in [5, 5.41) is 2.42. The van der Waals surface area contributed by atoms with E-state index in [-0.39, 0.29) is 10.8 Å². The second kappa shape index (κ2) is 15.8. The van der Waals surface area contributed by atoms with Gasteiger partial charge in [-0.15, -0.1) is 0 Å². The summed E-state index contributed by atoms with van der Waals surface area (Å²) in [5.74, 6) is 1.33. The van der Waals surface area contributed by atoms with Crippen LogP contribution >= 0.6 is 0 Å². The van der Waals surface area contributed by atoms with Crippen LogP contribution in [0.15, 0.2) is 188 Å². The lowest BCUT2D eigenvalue weighted by Crippen LogP contribution is -2.11. The summed E-state index contributed by atoms with van der Waals surface area (Å²) in [5.41, 5.74) is 15.0. The molecule has 0 fully saturated rings. The number of hydrogen-bond donors (Lipinski definition) is 0. The van der Waals surface area contributed by atoms with Crippen LogP contribution in [0, 0.1) is 0 Å². The van der Waals surface area contributed by atoms with Crippen molar-refractivity contribution in [2.45, 2.75) is 52.4 Å². The molecule has 0 spiro atoms. The molecule has 0 aliphatic carbocycles. The van der Waals surface area contributed by atoms with E-state index in [1.807, 2.05) is 48.5 Å². The molecule has 0 saturated carbocycles. The van der Waals surface area contributed by atoms with Crippen LogP contribution in [0.25, 0.3) is 95.3 Å². The van der Waals surface area contributed by atoms with Gasteiger partial charge in [-0.05, 0) is 58.4 Å². The van der Waals surface area contributed by atoms with Gasteiger partial charge in [0.05, 0.1) is 39.5 Å². The number of nitrogens with zero attached hydrogens (tertiary/aromatic N) is 5. The summed E-state index contributed by atoms with van der Waals surface area (Å²) >= 11 is 0. The molecule has 3 heterocycles. The Morgan fingerprint density at radius 2 is 0.714 bits per heavy atom. The van der Waals surface area contributed by atoms with E-state index in [0.717, 1.165) is 72.9 Å². The Morgan fingerprint density at radius 3 is 1.14 bits per heavy atom. The summed E-state index contributed by atoms with van der Waals surface area (Å²) in [6, 6.07) is 66.2. The minimum Gasteiger partial charge on any atom is -0.309 e. The molecule has 0 amide bonds. The SMILES string of the molecule is CC(C)(C)c1ccc2c3ccc(C(C)(C)C)cc3n(-c3ccc(-c4cc(-c5ccccc5)nc(-c5ccccc5)n4)cc3-c3cc(-c4ccccc4)nc(-c4ccccc4)n3)c2c1. The lowest BCUT2D eigenvalue weighted by atomic mass is 9.86. The van der Waals surface area contributed by atoms with Crippen molar-refractivity contribution < 1.29 is 0 Å². The summed E-state index contributed by atoms with van der Waals surface area (Å²) in [4.78, 5) is 21.1. The average Bonchev–Trinajstić information content (AvgIpc) is 3.64. The number of rotatable bonds is 7. The van der Waals surface area contributed by atoms with Gasteiger partial charge in [0.2, 0.25) is 0 Å². The minimum absolute atomic E-state index is 0.0551. The zero-order valence-corrected chi connectivity index (χ0v) is 36.6. The third-order valence-electron chi connectivity index (χ3n) is 12.0. The van der Waals surface area contributed by atoms with Gasteiger partial charge < -0.3 is 4.57 Å². The van der Waals surface area contributed by atoms with Gasteiger partial charge >= 0.3 is 0 Å². The molecule has 7 aromatic carbocycles. The van der Waals surface area contributed by atoms with Gasteiger partial charge in [-0.3, -0.25) is 0 Å². The van der Waals surface area contributed by atoms with Gasteiger partial charge in [0, 0.05) is 44.2 Å². The molecule has 306 valence electrons. The summed E-state index contributed by atoms with van der Waals surface area (Å²) in [6.45, 7) is 13.7. The molecule has 63 heavy (non-hydrogen) atoms. The molecule has 3 aromatic heterocycles. The van der Waals surface area contributed by atoms with Crippen molar-refractivity contribution in [3.05, 3.63) is 199 Å². The van der Waals surface area contributed by atoms with Gasteiger partial charge in [0.25, 0.3) is 0 Å². The zero-order valence-electron chi connectivity index (χ0n) is 36.6. The highest BCUT2D eigenvalue weighted by Crippen LogP contribution is 2.42. The molecule has 0 unspecified atom stereocenters. The van der Waals surface area contributed by atoms with E-state index < -0.39 is 0 Å². The Hall–Kier alpha value is -7.50. The van der Waals surface area contributed by atoms with Gasteiger partial charge in [0.15, 0.2) is 11.6 Å². The fourth-order valence-electron chi connectivity index (χ4n) is 8.43. The van der Waals surface area contributed by atoms with Crippen molar-refractivity contribution in [3.8, 4) is 73.5 Å². The molecule has 5 heteroatoms. The number of hydrogen-bond acceptors (Lipinski definition) is 4. The summed E-state index contributed by atoms with van der Waals surface area (Å²) < 4.78 is 2.46. The Balaban J connectivity index is 1.31. The first kappa shape index (κ1) is 39.6. The lowest BCUT2D eigenvalue weighted by molar-refractivity contribution is 0.591. The third kappa shape index (κ3) is 7.72. The van der Waals surface area contributed by atoms with Crippen LogP contribution in [-0.4, -0.2) is 24.5 Å². The van der Waals surface area contributed by atoms with Gasteiger partial charge in [0.1, 0.15) is 0 Å². The molecule has 0 saturated heterocycles. The molecule has 10 aromatic rings. The van der Waals surface area contributed by atoms with E-state index in [0.29, 0.717) is 11.6 Å². The molecule has 0 aliphatic rings. The monoisotopic (exact) mass is 815 g/mol. The van der Waals surface area contributed by atoms with Crippen LogP contribution in [0.4, 0.5) is 0 Å². The normalized spacial score (nSPS) is 12.0. The Labute approximate surface area is 369 Å². The maximum atomic E-state index is 5.45. The van der Waals surface area contributed by atoms with Gasteiger partial charge in [-0.1, -0.05) is 193 Å². The van der Waals surface area contributed by atoms with Crippen molar-refractivity contribution >= 4 is 21.8 Å². The standard InChI is InChI=1S/C58H49N5/c1-57(2,3)43-28-30-45-46-31-29-44(58(4,5)6)35-54(46)63(53(45)34-43)52-32-27-42(50-36-48(38-19-11-7-12-20-38)59-55(61-50)40-23-15-9-16-24-40)33-47(52)51-37-49(39-21-13-8-14-22-39)60-56(62-51)41-25-17-10-18-26-41/h7-37H,1-6H3. The molecule has 0 N–H and O–H groups in total. The minimum atomic E-state index is -0.0551. The van der Waals surface area contributed by atoms with Gasteiger partial charge in [-0.2, -0.15) is 0 Å². The Bertz CT molecular complexity index is 3080. The zero-order chi connectivity index (χ0) is 43.3. The van der Waals surface area contributed by atoms with Crippen LogP contribution in [0.2, 0.25) is 0 Å². The highest BCUT2D eigenvalue weighted by molar-refractivity contribution is 6.10. The first-order chi connectivity index (χ1) is 30.5. The molecule has 10 rings (SSSR count). The van der Waals surface area contributed by atoms with Crippen LogP contribution < -0.4 is 0 Å². The Kier molecular flexibility index (Phi) is 9.91. The molecule has 0 atom stereocenters. The van der Waals surface area contributed by atoms with Crippen molar-refractivity contribution in [2.24, 2.45) is 0 Å². The second-order valence-electron chi connectivity index (χ2n) is 18.4. The van der Waals surface area contributed by atoms with E-state index in [9.17, 15) is 0 Å². The average molecular weight is 816 g/mol. The van der Waals surface area contributed by atoms with Crippen LogP contribution in [-0.2, 0) is 10.8 Å². The quantitative estimate of drug-likeness (QED) is 0.161. The molecule has 0 aliphatic heterocycles. The van der Waals surface area contributed by atoms with Crippen molar-refractivity contribution in [1.29, 1.82) is 0 Å². The van der Waals surface area contributed by atoms with Crippen LogP contribution in [0.5, 0.6) is 0 Å². The maximum absolute atomic E-state index is 5.45. The topological polar surface area (TPSA) is 56.5 Å². The first-order valence-corrected chi connectivity index (χ1v) is 21.7. The van der Waals surface area contributed by atoms with E-state index in [4.69, 9.17) is 19.9 Å². The summed E-state index contributed by atoms with van der Waals surface area (Å²) in [6.07, 6.45) is 0. The second-order valence-corrected chi connectivity index (χ2v) is 18.4.